The number of benzene rings is 2. The summed E-state index contributed by atoms with van der Waals surface area (Å²) in [5.41, 5.74) is 3.75. The van der Waals surface area contributed by atoms with E-state index in [1.165, 1.54) is 7.11 Å². The Bertz CT molecular complexity index is 1830. The average Bonchev–Trinajstić information content (AvgIpc) is 3.79. The molecule has 1 aromatic heterocycles. The lowest BCUT2D eigenvalue weighted by Gasteiger charge is -2.38. The standard InChI is InChI=1S/C33H36N8O7/c1-36-19-21(16-34-36)24-14-28(41(46)47)29(48-2)15-27(24)38-11-9-37(10-12-38)17-20-7-8-39(18-20)22-3-4-23-25(13-22)33(45)40(32(23)44)26-5-6-30(42)35-31(26)43/h3-4,13-16,19-20,26H,5-12,17-18H2,1-2H3,(H,35,42,43)/t20-,26?/m0/s1. The molecule has 7 rings (SSSR count). The Hall–Kier alpha value is -5.31. The molecule has 250 valence electrons. The molecule has 3 fully saturated rings. The Morgan fingerprint density at radius 3 is 2.42 bits per heavy atom. The molecule has 0 bridgehead atoms. The Morgan fingerprint density at radius 2 is 1.73 bits per heavy atom. The van der Waals surface area contributed by atoms with Crippen molar-refractivity contribution in [1.29, 1.82) is 0 Å². The van der Waals surface area contributed by atoms with Crippen LogP contribution in [0.2, 0.25) is 0 Å². The maximum atomic E-state index is 13.3. The highest BCUT2D eigenvalue weighted by atomic mass is 16.6. The molecule has 4 amide bonds. The quantitative estimate of drug-likeness (QED) is 0.215. The zero-order chi connectivity index (χ0) is 33.7. The molecule has 3 saturated heterocycles. The topological polar surface area (TPSA) is 163 Å². The number of amides is 4. The Kier molecular flexibility index (Phi) is 8.07. The van der Waals surface area contributed by atoms with Gasteiger partial charge in [-0.15, -0.1) is 0 Å². The number of aryl methyl sites for hydroxylation is 1. The number of nitro groups is 1. The number of nitro benzene ring substituents is 1. The minimum atomic E-state index is -0.987. The highest BCUT2D eigenvalue weighted by Gasteiger charge is 2.45. The van der Waals surface area contributed by atoms with Crippen LogP contribution in [0.15, 0.2) is 42.7 Å². The smallest absolute Gasteiger partial charge is 0.311 e. The monoisotopic (exact) mass is 656 g/mol. The molecule has 1 N–H and O–H groups in total. The minimum Gasteiger partial charge on any atom is -0.490 e. The molecule has 15 heteroatoms. The number of ether oxygens (including phenoxy) is 1. The lowest BCUT2D eigenvalue weighted by molar-refractivity contribution is -0.385. The largest absolute Gasteiger partial charge is 0.490 e. The van der Waals surface area contributed by atoms with Crippen molar-refractivity contribution in [3.05, 3.63) is 64.0 Å². The number of carbonyl (C=O) groups excluding carboxylic acids is 4. The molecule has 0 saturated carbocycles. The molecule has 4 aliphatic heterocycles. The number of methoxy groups -OCH3 is 1. The van der Waals surface area contributed by atoms with Gasteiger partial charge in [0.2, 0.25) is 11.8 Å². The molecular formula is C33H36N8O7. The van der Waals surface area contributed by atoms with Gasteiger partial charge >= 0.3 is 5.69 Å². The van der Waals surface area contributed by atoms with E-state index in [4.69, 9.17) is 4.74 Å². The number of hydrogen-bond donors (Lipinski definition) is 1. The number of nitrogens with zero attached hydrogens (tertiary/aromatic N) is 7. The number of hydrogen-bond acceptors (Lipinski definition) is 11. The molecule has 3 aromatic rings. The van der Waals surface area contributed by atoms with Crippen LogP contribution in [-0.4, -0.2) is 107 Å². The van der Waals surface area contributed by atoms with Gasteiger partial charge in [-0.3, -0.25) is 49.1 Å². The molecule has 5 heterocycles. The zero-order valence-corrected chi connectivity index (χ0v) is 26.8. The van der Waals surface area contributed by atoms with E-state index in [-0.39, 0.29) is 35.4 Å². The summed E-state index contributed by atoms with van der Waals surface area (Å²) in [6.07, 6.45) is 4.74. The van der Waals surface area contributed by atoms with Crippen molar-refractivity contribution < 1.29 is 28.8 Å². The third-order valence-electron chi connectivity index (χ3n) is 9.81. The molecule has 15 nitrogen and oxygen atoms in total. The van der Waals surface area contributed by atoms with Crippen LogP contribution in [0, 0.1) is 16.0 Å². The second-order valence-electron chi connectivity index (χ2n) is 12.8. The van der Waals surface area contributed by atoms with Crippen LogP contribution < -0.4 is 19.9 Å². The third-order valence-corrected chi connectivity index (χ3v) is 9.81. The van der Waals surface area contributed by atoms with E-state index in [0.29, 0.717) is 5.92 Å². The summed E-state index contributed by atoms with van der Waals surface area (Å²) < 4.78 is 7.07. The first kappa shape index (κ1) is 31.3. The van der Waals surface area contributed by atoms with Gasteiger partial charge in [-0.2, -0.15) is 5.10 Å². The van der Waals surface area contributed by atoms with Gasteiger partial charge in [0, 0.05) is 100 Å². The molecule has 1 unspecified atom stereocenters. The van der Waals surface area contributed by atoms with E-state index >= 15 is 0 Å². The number of piperazine rings is 1. The summed E-state index contributed by atoms with van der Waals surface area (Å²) in [7, 11) is 3.25. The van der Waals surface area contributed by atoms with Gasteiger partial charge < -0.3 is 14.5 Å². The van der Waals surface area contributed by atoms with Crippen molar-refractivity contribution in [3.8, 4) is 16.9 Å². The van der Waals surface area contributed by atoms with Crippen molar-refractivity contribution in [2.45, 2.75) is 25.3 Å². The number of imide groups is 2. The normalized spacial score (nSPS) is 21.6. The number of fused-ring (bicyclic) bond motifs is 1. The first-order chi connectivity index (χ1) is 23.1. The van der Waals surface area contributed by atoms with Crippen LogP contribution in [0.5, 0.6) is 5.75 Å². The van der Waals surface area contributed by atoms with Crippen LogP contribution in [0.4, 0.5) is 17.1 Å². The maximum Gasteiger partial charge on any atom is 0.311 e. The molecule has 0 spiro atoms. The molecule has 48 heavy (non-hydrogen) atoms. The lowest BCUT2D eigenvalue weighted by atomic mass is 10.0. The van der Waals surface area contributed by atoms with Crippen molar-refractivity contribution in [2.75, 3.05) is 62.7 Å². The van der Waals surface area contributed by atoms with Gasteiger partial charge in [-0.1, -0.05) is 0 Å². The number of aromatic nitrogens is 2. The van der Waals surface area contributed by atoms with Crippen LogP contribution in [0.3, 0.4) is 0 Å². The summed E-state index contributed by atoms with van der Waals surface area (Å²) in [4.78, 5) is 69.7. The highest BCUT2D eigenvalue weighted by molar-refractivity contribution is 6.23. The number of piperidine rings is 1. The highest BCUT2D eigenvalue weighted by Crippen LogP contribution is 2.41. The molecule has 2 atom stereocenters. The SMILES string of the molecule is COc1cc(N2CCN(C[C@@H]3CCN(c4ccc5c(c4)C(=O)N(C4CCC(=O)NC4=O)C5=O)C3)CC2)c(-c2cnn(C)c2)cc1[N+](=O)[O-]. The summed E-state index contributed by atoms with van der Waals surface area (Å²) >= 11 is 0. The summed E-state index contributed by atoms with van der Waals surface area (Å²) in [6, 6.07) is 7.61. The van der Waals surface area contributed by atoms with E-state index in [0.717, 1.165) is 79.6 Å². The van der Waals surface area contributed by atoms with Crippen LogP contribution in [0.1, 0.15) is 40.0 Å². The summed E-state index contributed by atoms with van der Waals surface area (Å²) in [5.74, 6) is -1.40. The second kappa shape index (κ2) is 12.4. The van der Waals surface area contributed by atoms with E-state index < -0.39 is 34.6 Å². The van der Waals surface area contributed by atoms with Gasteiger partial charge in [0.1, 0.15) is 6.04 Å². The number of carbonyl (C=O) groups is 4. The fourth-order valence-corrected chi connectivity index (χ4v) is 7.33. The number of rotatable bonds is 8. The maximum absolute atomic E-state index is 13.3. The number of nitrogens with one attached hydrogen (secondary N) is 1. The van der Waals surface area contributed by atoms with Gasteiger partial charge in [-0.25, -0.2) is 0 Å². The van der Waals surface area contributed by atoms with Gasteiger partial charge in [0.05, 0.1) is 29.4 Å². The summed E-state index contributed by atoms with van der Waals surface area (Å²) in [5, 5.41) is 18.3. The Balaban J connectivity index is 0.990. The summed E-state index contributed by atoms with van der Waals surface area (Å²) in [6.45, 7) is 5.68. The Morgan fingerprint density at radius 1 is 0.958 bits per heavy atom. The predicted molar refractivity (Wildman–Crippen MR) is 174 cm³/mol. The number of anilines is 2. The van der Waals surface area contributed by atoms with Gasteiger partial charge in [0.15, 0.2) is 5.75 Å². The zero-order valence-electron chi connectivity index (χ0n) is 26.8. The van der Waals surface area contributed by atoms with Gasteiger partial charge in [0.25, 0.3) is 11.8 Å². The van der Waals surface area contributed by atoms with Crippen molar-refractivity contribution in [3.63, 3.8) is 0 Å². The van der Waals surface area contributed by atoms with Crippen LogP contribution in [0.25, 0.3) is 11.1 Å². The van der Waals surface area contributed by atoms with E-state index in [1.807, 2.05) is 19.3 Å². The minimum absolute atomic E-state index is 0.0809. The van der Waals surface area contributed by atoms with E-state index in [1.54, 1.807) is 35.1 Å². The molecule has 4 aliphatic rings. The fraction of sp³-hybridized carbons (Fsp3) is 0.424. The first-order valence-electron chi connectivity index (χ1n) is 16.0. The average molecular weight is 657 g/mol. The third kappa shape index (κ3) is 5.63. The fourth-order valence-electron chi connectivity index (χ4n) is 7.33. The van der Waals surface area contributed by atoms with Crippen molar-refractivity contribution in [2.24, 2.45) is 13.0 Å². The van der Waals surface area contributed by atoms with Crippen LogP contribution >= 0.6 is 0 Å². The van der Waals surface area contributed by atoms with Crippen molar-refractivity contribution in [1.82, 2.24) is 24.9 Å². The second-order valence-corrected chi connectivity index (χ2v) is 12.8. The molecular weight excluding hydrogens is 620 g/mol. The molecule has 2 aromatic carbocycles. The van der Waals surface area contributed by atoms with Gasteiger partial charge in [-0.05, 0) is 37.0 Å². The van der Waals surface area contributed by atoms with E-state index in [2.05, 4.69) is 25.1 Å². The molecule has 0 radical (unpaired) electrons. The molecule has 0 aliphatic carbocycles. The van der Waals surface area contributed by atoms with Crippen molar-refractivity contribution >= 4 is 40.7 Å². The first-order valence-corrected chi connectivity index (χ1v) is 16.0. The lowest BCUT2D eigenvalue weighted by Crippen LogP contribution is -2.54. The van der Waals surface area contributed by atoms with E-state index in [9.17, 15) is 29.3 Å². The predicted octanol–water partition coefficient (Wildman–Crippen LogP) is 2.05. The van der Waals surface area contributed by atoms with Crippen LogP contribution in [-0.2, 0) is 16.6 Å². The Labute approximate surface area is 276 Å².